The molecule has 1 aromatic heterocycles. The van der Waals surface area contributed by atoms with Gasteiger partial charge in [-0.3, -0.25) is 4.79 Å². The lowest BCUT2D eigenvalue weighted by molar-refractivity contribution is 0.0909. The number of thiophene rings is 1. The molecule has 1 heterocycles. The molecule has 3 nitrogen and oxygen atoms in total. The Bertz CT molecular complexity index is 296. The number of nitrogens with one attached hydrogen (secondary N) is 1. The molecule has 0 saturated carbocycles. The molecule has 4 heteroatoms. The van der Waals surface area contributed by atoms with Gasteiger partial charge in [-0.15, -0.1) is 0 Å². The summed E-state index contributed by atoms with van der Waals surface area (Å²) in [6.45, 7) is 4.13. The number of aliphatic hydroxyl groups excluding tert-OH is 1. The summed E-state index contributed by atoms with van der Waals surface area (Å²) in [7, 11) is 0. The molecule has 84 valence electrons. The van der Waals surface area contributed by atoms with Crippen molar-refractivity contribution in [2.75, 3.05) is 6.61 Å². The van der Waals surface area contributed by atoms with Gasteiger partial charge in [0, 0.05) is 10.9 Å². The molecule has 0 aliphatic rings. The van der Waals surface area contributed by atoms with Crippen molar-refractivity contribution in [2.24, 2.45) is 5.92 Å². The lowest BCUT2D eigenvalue weighted by Gasteiger charge is -2.17. The zero-order valence-electron chi connectivity index (χ0n) is 9.06. The van der Waals surface area contributed by atoms with Gasteiger partial charge in [0.1, 0.15) is 0 Å². The number of aliphatic hydroxyl groups is 1. The largest absolute Gasteiger partial charge is 0.394 e. The Kier molecular flexibility index (Phi) is 4.78. The second kappa shape index (κ2) is 5.88. The van der Waals surface area contributed by atoms with E-state index in [1.807, 2.05) is 5.38 Å². The zero-order chi connectivity index (χ0) is 11.3. The molecule has 1 unspecified atom stereocenters. The predicted octanol–water partition coefficient (Wildman–Crippen LogP) is 1.88. The average molecular weight is 227 g/mol. The van der Waals surface area contributed by atoms with E-state index in [4.69, 9.17) is 5.11 Å². The third-order valence-corrected chi connectivity index (χ3v) is 2.78. The highest BCUT2D eigenvalue weighted by Gasteiger charge is 2.14. The first-order valence-corrected chi connectivity index (χ1v) is 6.01. The van der Waals surface area contributed by atoms with Gasteiger partial charge in [0.05, 0.1) is 12.6 Å². The van der Waals surface area contributed by atoms with Crippen LogP contribution in [-0.2, 0) is 0 Å². The van der Waals surface area contributed by atoms with Gasteiger partial charge < -0.3 is 10.4 Å². The summed E-state index contributed by atoms with van der Waals surface area (Å²) < 4.78 is 0. The van der Waals surface area contributed by atoms with Crippen molar-refractivity contribution in [1.82, 2.24) is 5.32 Å². The highest BCUT2D eigenvalue weighted by atomic mass is 32.1. The van der Waals surface area contributed by atoms with E-state index in [0.717, 1.165) is 6.42 Å². The van der Waals surface area contributed by atoms with Crippen LogP contribution in [-0.4, -0.2) is 23.7 Å². The third-order valence-electron chi connectivity index (χ3n) is 2.09. The van der Waals surface area contributed by atoms with Gasteiger partial charge in [-0.2, -0.15) is 11.3 Å². The predicted molar refractivity (Wildman–Crippen MR) is 62.1 cm³/mol. The summed E-state index contributed by atoms with van der Waals surface area (Å²) in [5, 5.41) is 15.6. The number of carbonyl (C=O) groups excluding carboxylic acids is 1. The van der Waals surface area contributed by atoms with Gasteiger partial charge in [0.15, 0.2) is 0 Å². The van der Waals surface area contributed by atoms with Crippen LogP contribution in [0.3, 0.4) is 0 Å². The van der Waals surface area contributed by atoms with Crippen molar-refractivity contribution in [3.05, 3.63) is 22.4 Å². The molecule has 1 aromatic rings. The van der Waals surface area contributed by atoms with Crippen LogP contribution in [0.5, 0.6) is 0 Å². The smallest absolute Gasteiger partial charge is 0.252 e. The normalized spacial score (nSPS) is 12.8. The molecule has 0 radical (unpaired) electrons. The summed E-state index contributed by atoms with van der Waals surface area (Å²) >= 11 is 1.49. The minimum Gasteiger partial charge on any atom is -0.394 e. The summed E-state index contributed by atoms with van der Waals surface area (Å²) in [6, 6.07) is 1.64. The Morgan fingerprint density at radius 1 is 1.60 bits per heavy atom. The third kappa shape index (κ3) is 4.01. The molecule has 15 heavy (non-hydrogen) atoms. The van der Waals surface area contributed by atoms with Crippen LogP contribution >= 0.6 is 11.3 Å². The molecule has 0 bridgehead atoms. The minimum atomic E-state index is -0.141. The molecule has 0 aliphatic carbocycles. The lowest BCUT2D eigenvalue weighted by atomic mass is 10.0. The van der Waals surface area contributed by atoms with Crippen molar-refractivity contribution in [3.63, 3.8) is 0 Å². The monoisotopic (exact) mass is 227 g/mol. The molecule has 1 atom stereocenters. The number of hydrogen-bond donors (Lipinski definition) is 2. The Morgan fingerprint density at radius 2 is 2.33 bits per heavy atom. The molecule has 1 rings (SSSR count). The first-order valence-electron chi connectivity index (χ1n) is 5.07. The van der Waals surface area contributed by atoms with E-state index in [0.29, 0.717) is 11.5 Å². The molecule has 1 amide bonds. The van der Waals surface area contributed by atoms with Crippen molar-refractivity contribution in [2.45, 2.75) is 26.3 Å². The van der Waals surface area contributed by atoms with Gasteiger partial charge in [-0.1, -0.05) is 13.8 Å². The van der Waals surface area contributed by atoms with Crippen LogP contribution in [0.25, 0.3) is 0 Å². The molecular weight excluding hydrogens is 210 g/mol. The van der Waals surface area contributed by atoms with E-state index in [1.54, 1.807) is 11.4 Å². The maximum absolute atomic E-state index is 11.6. The van der Waals surface area contributed by atoms with Crippen LogP contribution < -0.4 is 5.32 Å². The molecule has 0 spiro atoms. The number of amides is 1. The molecule has 0 aromatic carbocycles. The maximum Gasteiger partial charge on any atom is 0.252 e. The van der Waals surface area contributed by atoms with Gasteiger partial charge in [-0.05, 0) is 23.8 Å². The Balaban J connectivity index is 2.48. The minimum absolute atomic E-state index is 0.00590. The summed E-state index contributed by atoms with van der Waals surface area (Å²) in [6.07, 6.45) is 0.798. The Hall–Kier alpha value is -0.870. The molecule has 0 fully saturated rings. The maximum atomic E-state index is 11.6. The van der Waals surface area contributed by atoms with E-state index in [1.165, 1.54) is 11.3 Å². The molecular formula is C11H17NO2S. The van der Waals surface area contributed by atoms with Gasteiger partial charge in [0.2, 0.25) is 0 Å². The summed E-state index contributed by atoms with van der Waals surface area (Å²) in [5.74, 6) is 0.362. The number of hydrogen-bond acceptors (Lipinski definition) is 3. The van der Waals surface area contributed by atoms with Crippen molar-refractivity contribution in [1.29, 1.82) is 0 Å². The SMILES string of the molecule is CC(C)CC(CO)NC(=O)c1ccsc1. The van der Waals surface area contributed by atoms with Crippen molar-refractivity contribution < 1.29 is 9.90 Å². The topological polar surface area (TPSA) is 49.3 Å². The fourth-order valence-electron chi connectivity index (χ4n) is 1.41. The van der Waals surface area contributed by atoms with Gasteiger partial charge in [-0.25, -0.2) is 0 Å². The van der Waals surface area contributed by atoms with Crippen molar-refractivity contribution in [3.8, 4) is 0 Å². The van der Waals surface area contributed by atoms with E-state index in [2.05, 4.69) is 19.2 Å². The summed E-state index contributed by atoms with van der Waals surface area (Å²) in [4.78, 5) is 11.6. The fourth-order valence-corrected chi connectivity index (χ4v) is 2.05. The standard InChI is InChI=1S/C11H17NO2S/c1-8(2)5-10(6-13)12-11(14)9-3-4-15-7-9/h3-4,7-8,10,13H,5-6H2,1-2H3,(H,12,14). The average Bonchev–Trinajstić information content (AvgIpc) is 2.68. The van der Waals surface area contributed by atoms with E-state index in [9.17, 15) is 4.79 Å². The van der Waals surface area contributed by atoms with E-state index < -0.39 is 0 Å². The van der Waals surface area contributed by atoms with Gasteiger partial charge >= 0.3 is 0 Å². The quantitative estimate of drug-likeness (QED) is 0.807. The highest BCUT2D eigenvalue weighted by Crippen LogP contribution is 2.08. The second-order valence-electron chi connectivity index (χ2n) is 3.99. The van der Waals surface area contributed by atoms with Crippen LogP contribution in [0.4, 0.5) is 0 Å². The molecule has 0 saturated heterocycles. The van der Waals surface area contributed by atoms with Gasteiger partial charge in [0.25, 0.3) is 5.91 Å². The zero-order valence-corrected chi connectivity index (χ0v) is 9.88. The van der Waals surface area contributed by atoms with E-state index in [-0.39, 0.29) is 18.6 Å². The number of rotatable bonds is 5. The summed E-state index contributed by atoms with van der Waals surface area (Å²) in [5.41, 5.74) is 0.669. The first kappa shape index (κ1) is 12.2. The fraction of sp³-hybridized carbons (Fsp3) is 0.545. The molecule has 2 N–H and O–H groups in total. The molecule has 0 aliphatic heterocycles. The highest BCUT2D eigenvalue weighted by molar-refractivity contribution is 7.08. The van der Waals surface area contributed by atoms with Crippen LogP contribution in [0, 0.1) is 5.92 Å². The second-order valence-corrected chi connectivity index (χ2v) is 4.77. The van der Waals surface area contributed by atoms with E-state index >= 15 is 0 Å². The van der Waals surface area contributed by atoms with Crippen LogP contribution in [0.2, 0.25) is 0 Å². The Labute approximate surface area is 94.1 Å². The first-order chi connectivity index (χ1) is 7.13. The van der Waals surface area contributed by atoms with Crippen LogP contribution in [0.15, 0.2) is 16.8 Å². The number of carbonyl (C=O) groups is 1. The Morgan fingerprint density at radius 3 is 2.80 bits per heavy atom. The lowest BCUT2D eigenvalue weighted by Crippen LogP contribution is -2.38. The van der Waals surface area contributed by atoms with Crippen LogP contribution in [0.1, 0.15) is 30.6 Å². The van der Waals surface area contributed by atoms with Crippen molar-refractivity contribution >= 4 is 17.2 Å².